The van der Waals surface area contributed by atoms with E-state index >= 15 is 0 Å². The summed E-state index contributed by atoms with van der Waals surface area (Å²) in [5, 5.41) is 24.3. The summed E-state index contributed by atoms with van der Waals surface area (Å²) in [6.07, 6.45) is 0.268. The molecule has 0 aliphatic carbocycles. The van der Waals surface area contributed by atoms with Crippen LogP contribution in [0.2, 0.25) is 10.0 Å². The van der Waals surface area contributed by atoms with Gasteiger partial charge in [0.05, 0.1) is 50.9 Å². The number of nitrogens with one attached hydrogen (secondary N) is 3. The summed E-state index contributed by atoms with van der Waals surface area (Å²) in [6, 6.07) is 13.5. The SMILES string of the molecule is CC(C)OC(=O)C(C)(C)N[C@H]1CCCn2nc(C(=O)Nc3cccc(-c4cccc(Nc5nc(C(F)F)nc6cc(CN7CC[C@@H](O)C7)cnc56)c4Cl)c3Cl)cc21. The smallest absolute Gasteiger partial charge is 0.326 e. The molecule has 0 saturated carbocycles. The van der Waals surface area contributed by atoms with E-state index in [2.05, 4.69) is 40.9 Å². The van der Waals surface area contributed by atoms with Gasteiger partial charge in [0, 0.05) is 43.5 Å². The number of amides is 1. The number of aliphatic hydroxyl groups excluding tert-OH is 1. The molecule has 5 heterocycles. The Balaban J connectivity index is 1.11. The van der Waals surface area contributed by atoms with Crippen LogP contribution in [0.1, 0.15) is 87.0 Å². The fourth-order valence-electron chi connectivity index (χ4n) is 7.15. The van der Waals surface area contributed by atoms with Crippen LogP contribution < -0.4 is 16.0 Å². The molecular formula is C40H43Cl2F2N9O4. The molecule has 7 rings (SSSR count). The van der Waals surface area contributed by atoms with Crippen molar-refractivity contribution in [2.24, 2.45) is 0 Å². The maximum Gasteiger partial charge on any atom is 0.326 e. The van der Waals surface area contributed by atoms with Gasteiger partial charge in [-0.1, -0.05) is 47.5 Å². The number of nitrogens with zero attached hydrogens (tertiary/aromatic N) is 6. The van der Waals surface area contributed by atoms with E-state index in [0.717, 1.165) is 30.6 Å². The second-order valence-electron chi connectivity index (χ2n) is 15.1. The minimum Gasteiger partial charge on any atom is -0.462 e. The van der Waals surface area contributed by atoms with Crippen molar-refractivity contribution in [2.75, 3.05) is 23.7 Å². The lowest BCUT2D eigenvalue weighted by Crippen LogP contribution is -2.50. The van der Waals surface area contributed by atoms with Crippen LogP contribution in [0.3, 0.4) is 0 Å². The molecule has 2 aliphatic heterocycles. The molecular weight excluding hydrogens is 779 g/mol. The van der Waals surface area contributed by atoms with Crippen molar-refractivity contribution in [2.45, 2.75) is 90.3 Å². The number of aromatic nitrogens is 5. The van der Waals surface area contributed by atoms with Gasteiger partial charge >= 0.3 is 5.97 Å². The molecule has 4 N–H and O–H groups in total. The monoisotopic (exact) mass is 821 g/mol. The normalized spacial score (nSPS) is 17.3. The minimum absolute atomic E-state index is 0.0452. The number of esters is 1. The van der Waals surface area contributed by atoms with Crippen molar-refractivity contribution < 1.29 is 28.2 Å². The molecule has 0 spiro atoms. The van der Waals surface area contributed by atoms with Crippen molar-refractivity contribution in [1.29, 1.82) is 0 Å². The van der Waals surface area contributed by atoms with Gasteiger partial charge in [-0.25, -0.2) is 18.7 Å². The Hall–Kier alpha value is -4.80. The summed E-state index contributed by atoms with van der Waals surface area (Å²) in [5.41, 5.74) is 2.94. The Morgan fingerprint density at radius 2 is 1.74 bits per heavy atom. The lowest BCUT2D eigenvalue weighted by Gasteiger charge is -2.33. The molecule has 0 radical (unpaired) electrons. The Morgan fingerprint density at radius 1 is 1.02 bits per heavy atom. The number of aliphatic hydroxyl groups is 1. The first-order valence-electron chi connectivity index (χ1n) is 18.7. The molecule has 17 heteroatoms. The van der Waals surface area contributed by atoms with E-state index in [1.807, 2.05) is 0 Å². The number of carbonyl (C=O) groups excluding carboxylic acids is 2. The standard InChI is InChI=1S/C40H43Cl2F2N9O4/c1-21(2)57-39(56)40(3,4)50-26-12-7-14-53-31(26)17-30(51-53)38(55)48-28-11-6-9-25(33(28)42)24-8-5-10-27(32(24)41)46-36-34-29(47-37(49-36)35(43)44)16-22(18-45-34)19-52-15-13-23(54)20-52/h5-6,8-11,16-18,21,23,26,35,50,54H,7,12-15,19-20H2,1-4H3,(H,48,55)(H,46,47,49)/t23-,26+/m1/s1. The summed E-state index contributed by atoms with van der Waals surface area (Å²) in [4.78, 5) is 41.2. The Labute approximate surface area is 338 Å². The van der Waals surface area contributed by atoms with Crippen LogP contribution in [-0.4, -0.2) is 77.5 Å². The first kappa shape index (κ1) is 40.4. The molecule has 0 unspecified atom stereocenters. The number of carbonyl (C=O) groups is 2. The van der Waals surface area contributed by atoms with Gasteiger partial charge in [0.2, 0.25) is 0 Å². The van der Waals surface area contributed by atoms with Gasteiger partial charge in [0.25, 0.3) is 12.3 Å². The number of β-amino-alcohol motifs (C(OH)–C–C–N with tert-alkyl or cyclic N) is 1. The quantitative estimate of drug-likeness (QED) is 0.0909. The molecule has 5 aromatic rings. The molecule has 1 saturated heterocycles. The van der Waals surface area contributed by atoms with Gasteiger partial charge in [0.1, 0.15) is 11.1 Å². The Kier molecular flexibility index (Phi) is 11.8. The number of ether oxygens (including phenoxy) is 1. The van der Waals surface area contributed by atoms with Gasteiger partial charge in [0.15, 0.2) is 17.3 Å². The predicted octanol–water partition coefficient (Wildman–Crippen LogP) is 7.85. The van der Waals surface area contributed by atoms with E-state index in [-0.39, 0.29) is 50.7 Å². The molecule has 3 aromatic heterocycles. The third kappa shape index (κ3) is 8.87. The summed E-state index contributed by atoms with van der Waals surface area (Å²) < 4.78 is 35.3. The van der Waals surface area contributed by atoms with Gasteiger partial charge in [-0.3, -0.25) is 29.5 Å². The number of likely N-dealkylation sites (tertiary alicyclic amines) is 1. The van der Waals surface area contributed by atoms with Gasteiger partial charge in [-0.15, -0.1) is 0 Å². The summed E-state index contributed by atoms with van der Waals surface area (Å²) in [7, 11) is 0. The van der Waals surface area contributed by atoms with Crippen molar-refractivity contribution in [3.8, 4) is 11.1 Å². The maximum atomic E-state index is 14.0. The van der Waals surface area contributed by atoms with Crippen LogP contribution in [0.15, 0.2) is 54.7 Å². The van der Waals surface area contributed by atoms with E-state index < -0.39 is 29.8 Å². The zero-order chi connectivity index (χ0) is 40.6. The highest BCUT2D eigenvalue weighted by atomic mass is 35.5. The van der Waals surface area contributed by atoms with Crippen LogP contribution in [0.4, 0.5) is 26.0 Å². The fraction of sp³-hybridized carbons (Fsp3) is 0.400. The van der Waals surface area contributed by atoms with Crippen LogP contribution >= 0.6 is 23.2 Å². The number of fused-ring (bicyclic) bond motifs is 2. The molecule has 1 amide bonds. The molecule has 1 fully saturated rings. The third-order valence-electron chi connectivity index (χ3n) is 9.90. The van der Waals surface area contributed by atoms with Gasteiger partial charge < -0.3 is 20.5 Å². The minimum atomic E-state index is -2.94. The van der Waals surface area contributed by atoms with Crippen LogP contribution in [0.25, 0.3) is 22.2 Å². The number of halogens is 4. The number of anilines is 3. The van der Waals surface area contributed by atoms with Crippen molar-refractivity contribution in [3.05, 3.63) is 87.5 Å². The number of hydrogen-bond acceptors (Lipinski definition) is 11. The second kappa shape index (κ2) is 16.6. The Bertz CT molecular complexity index is 2320. The topological polar surface area (TPSA) is 159 Å². The molecule has 2 aliphatic rings. The van der Waals surface area contributed by atoms with Gasteiger partial charge in [-0.05, 0) is 76.8 Å². The lowest BCUT2D eigenvalue weighted by atomic mass is 9.98. The van der Waals surface area contributed by atoms with E-state index in [1.54, 1.807) is 87.1 Å². The number of alkyl halides is 2. The highest BCUT2D eigenvalue weighted by Crippen LogP contribution is 2.41. The maximum absolute atomic E-state index is 14.0. The fourth-order valence-corrected chi connectivity index (χ4v) is 7.70. The number of aryl methyl sites for hydroxylation is 1. The molecule has 13 nitrogen and oxygen atoms in total. The highest BCUT2D eigenvalue weighted by Gasteiger charge is 2.35. The first-order valence-corrected chi connectivity index (χ1v) is 19.5. The average Bonchev–Trinajstić information content (AvgIpc) is 3.79. The van der Waals surface area contributed by atoms with Crippen molar-refractivity contribution in [1.82, 2.24) is 34.9 Å². The summed E-state index contributed by atoms with van der Waals surface area (Å²) in [5.74, 6) is -1.47. The van der Waals surface area contributed by atoms with Gasteiger partial charge in [-0.2, -0.15) is 5.10 Å². The Morgan fingerprint density at radius 3 is 2.42 bits per heavy atom. The number of hydrogen-bond donors (Lipinski definition) is 4. The van der Waals surface area contributed by atoms with Crippen LogP contribution in [0, 0.1) is 0 Å². The summed E-state index contributed by atoms with van der Waals surface area (Å²) in [6.45, 7) is 9.49. The van der Waals surface area contributed by atoms with Crippen molar-refractivity contribution in [3.63, 3.8) is 0 Å². The number of pyridine rings is 1. The van der Waals surface area contributed by atoms with E-state index in [4.69, 9.17) is 27.9 Å². The average molecular weight is 823 g/mol. The molecule has 300 valence electrons. The zero-order valence-corrected chi connectivity index (χ0v) is 33.3. The molecule has 57 heavy (non-hydrogen) atoms. The van der Waals surface area contributed by atoms with Crippen molar-refractivity contribution >= 4 is 63.3 Å². The van der Waals surface area contributed by atoms with E-state index in [1.165, 1.54) is 0 Å². The van der Waals surface area contributed by atoms with E-state index in [9.17, 15) is 23.5 Å². The molecule has 0 bridgehead atoms. The van der Waals surface area contributed by atoms with E-state index in [0.29, 0.717) is 48.6 Å². The highest BCUT2D eigenvalue weighted by molar-refractivity contribution is 6.39. The first-order chi connectivity index (χ1) is 27.2. The molecule has 2 atom stereocenters. The number of benzene rings is 2. The number of rotatable bonds is 12. The van der Waals surface area contributed by atoms with Crippen LogP contribution in [-0.2, 0) is 22.6 Å². The largest absolute Gasteiger partial charge is 0.462 e. The molecule has 2 aromatic carbocycles. The zero-order valence-electron chi connectivity index (χ0n) is 31.8. The summed E-state index contributed by atoms with van der Waals surface area (Å²) >= 11 is 13.9. The predicted molar refractivity (Wildman–Crippen MR) is 214 cm³/mol. The lowest BCUT2D eigenvalue weighted by molar-refractivity contribution is -0.154. The van der Waals surface area contributed by atoms with Crippen LogP contribution in [0.5, 0.6) is 0 Å². The second-order valence-corrected chi connectivity index (χ2v) is 15.9. The third-order valence-corrected chi connectivity index (χ3v) is 10.7.